The number of hydrogen-bond donors (Lipinski definition) is 1. The highest BCUT2D eigenvalue weighted by atomic mass is 32.2. The van der Waals surface area contributed by atoms with Crippen LogP contribution < -0.4 is 9.62 Å². The van der Waals surface area contributed by atoms with Crippen LogP contribution in [0.3, 0.4) is 0 Å². The van der Waals surface area contributed by atoms with E-state index in [1.807, 2.05) is 0 Å². The fourth-order valence-corrected chi connectivity index (χ4v) is 3.51. The van der Waals surface area contributed by atoms with Crippen molar-refractivity contribution >= 4 is 21.7 Å². The van der Waals surface area contributed by atoms with Crippen LogP contribution in [0.25, 0.3) is 0 Å². The molecule has 0 aliphatic heterocycles. The van der Waals surface area contributed by atoms with Gasteiger partial charge in [0.05, 0.1) is 4.90 Å². The first-order valence-corrected chi connectivity index (χ1v) is 9.40. The quantitative estimate of drug-likeness (QED) is 0.807. The van der Waals surface area contributed by atoms with Crippen LogP contribution in [-0.2, 0) is 10.0 Å². The summed E-state index contributed by atoms with van der Waals surface area (Å²) in [5.41, 5.74) is -0.0894. The van der Waals surface area contributed by atoms with Gasteiger partial charge in [-0.3, -0.25) is 9.69 Å². The smallest absolute Gasteiger partial charge is 0.284 e. The van der Waals surface area contributed by atoms with Gasteiger partial charge in [-0.25, -0.2) is 18.1 Å². The Hall–Kier alpha value is -2.46. The first-order chi connectivity index (χ1) is 12.5. The maximum Gasteiger partial charge on any atom is 0.406 e. The van der Waals surface area contributed by atoms with Gasteiger partial charge < -0.3 is 0 Å². The largest absolute Gasteiger partial charge is 0.406 e. The van der Waals surface area contributed by atoms with Crippen molar-refractivity contribution in [1.29, 1.82) is 0 Å². The van der Waals surface area contributed by atoms with E-state index in [1.165, 1.54) is 48.7 Å². The van der Waals surface area contributed by atoms with Crippen LogP contribution in [0.2, 0.25) is 0 Å². The summed E-state index contributed by atoms with van der Waals surface area (Å²) in [6.07, 6.45) is -3.35. The maximum atomic E-state index is 12.9. The number of nitrogens with one attached hydrogen (secondary N) is 1. The van der Waals surface area contributed by atoms with Gasteiger partial charge in [0.15, 0.2) is 0 Å². The van der Waals surface area contributed by atoms with Gasteiger partial charge >= 0.3 is 6.18 Å². The zero-order valence-electron chi connectivity index (χ0n) is 14.6. The van der Waals surface area contributed by atoms with Gasteiger partial charge in [-0.15, -0.1) is 0 Å². The zero-order valence-corrected chi connectivity index (χ0v) is 15.4. The summed E-state index contributed by atoms with van der Waals surface area (Å²) in [6.45, 7) is 1.78. The van der Waals surface area contributed by atoms with E-state index in [4.69, 9.17) is 0 Å². The molecule has 0 saturated heterocycles. The van der Waals surface area contributed by atoms with Crippen molar-refractivity contribution in [3.8, 4) is 0 Å². The third kappa shape index (κ3) is 5.76. The molecule has 0 atom stereocenters. The topological polar surface area (TPSA) is 79.4 Å². The van der Waals surface area contributed by atoms with Crippen LogP contribution in [0.1, 0.15) is 24.2 Å². The number of rotatable bonds is 6. The number of pyridine rings is 1. The molecule has 1 aromatic heterocycles. The second-order valence-electron chi connectivity index (χ2n) is 5.99. The van der Waals surface area contributed by atoms with Gasteiger partial charge in [-0.05, 0) is 50.2 Å². The van der Waals surface area contributed by atoms with E-state index in [-0.39, 0.29) is 22.3 Å². The normalized spacial score (nSPS) is 12.2. The number of benzene rings is 1. The number of carbonyl (C=O) groups excluding carboxylic acids is 1. The number of amides is 1. The predicted octanol–water partition coefficient (Wildman–Crippen LogP) is 2.98. The van der Waals surface area contributed by atoms with Crippen molar-refractivity contribution < 1.29 is 26.4 Å². The molecule has 1 heterocycles. The molecule has 1 N–H and O–H groups in total. The van der Waals surface area contributed by atoms with Crippen LogP contribution in [-0.4, -0.2) is 38.1 Å². The van der Waals surface area contributed by atoms with Gasteiger partial charge in [0, 0.05) is 17.8 Å². The lowest BCUT2D eigenvalue weighted by atomic mass is 10.2. The van der Waals surface area contributed by atoms with Gasteiger partial charge in [0.2, 0.25) is 10.0 Å². The number of hydrogen-bond acceptors (Lipinski definition) is 4. The lowest BCUT2D eigenvalue weighted by Crippen LogP contribution is -2.39. The Kier molecular flexibility index (Phi) is 6.22. The Balaban J connectivity index is 2.33. The van der Waals surface area contributed by atoms with Crippen molar-refractivity contribution in [2.75, 3.05) is 11.4 Å². The zero-order chi connectivity index (χ0) is 20.2. The molecule has 0 radical (unpaired) electrons. The summed E-state index contributed by atoms with van der Waals surface area (Å²) in [4.78, 5) is 16.8. The molecule has 0 aliphatic carbocycles. The van der Waals surface area contributed by atoms with E-state index < -0.39 is 28.7 Å². The van der Waals surface area contributed by atoms with Crippen LogP contribution in [0.4, 0.5) is 19.0 Å². The third-order valence-corrected chi connectivity index (χ3v) is 4.99. The highest BCUT2D eigenvalue weighted by molar-refractivity contribution is 7.89. The van der Waals surface area contributed by atoms with E-state index in [2.05, 4.69) is 9.71 Å². The molecule has 0 fully saturated rings. The monoisotopic (exact) mass is 401 g/mol. The van der Waals surface area contributed by atoms with Crippen molar-refractivity contribution in [3.05, 3.63) is 54.2 Å². The second kappa shape index (κ2) is 8.05. The molecule has 27 heavy (non-hydrogen) atoms. The number of carbonyl (C=O) groups is 1. The average molecular weight is 401 g/mol. The molecule has 0 aliphatic rings. The minimum Gasteiger partial charge on any atom is -0.284 e. The molecule has 1 amide bonds. The molecule has 0 bridgehead atoms. The number of nitrogens with zero attached hydrogens (tertiary/aromatic N) is 2. The fourth-order valence-electron chi connectivity index (χ4n) is 2.26. The summed E-state index contributed by atoms with van der Waals surface area (Å²) in [5, 5.41) is 0. The Morgan fingerprint density at radius 1 is 1.15 bits per heavy atom. The van der Waals surface area contributed by atoms with Gasteiger partial charge in [0.25, 0.3) is 5.91 Å². The SMILES string of the molecule is CC(C)NS(=O)(=O)c1ccc(C(=O)N(CC(F)(F)F)c2ccccn2)cc1. The van der Waals surface area contributed by atoms with Gasteiger partial charge in [0.1, 0.15) is 12.4 Å². The highest BCUT2D eigenvalue weighted by Crippen LogP contribution is 2.23. The number of sulfonamides is 1. The molecular weight excluding hydrogens is 383 g/mol. The Morgan fingerprint density at radius 3 is 2.26 bits per heavy atom. The Labute approximate surface area is 155 Å². The molecule has 146 valence electrons. The summed E-state index contributed by atoms with van der Waals surface area (Å²) < 4.78 is 65.3. The van der Waals surface area contributed by atoms with E-state index in [0.29, 0.717) is 4.90 Å². The first-order valence-electron chi connectivity index (χ1n) is 7.91. The Bertz CT molecular complexity index is 883. The van der Waals surface area contributed by atoms with Gasteiger partial charge in [-0.1, -0.05) is 6.07 Å². The molecule has 0 saturated carbocycles. The number of halogens is 3. The summed E-state index contributed by atoms with van der Waals surface area (Å²) in [7, 11) is -3.77. The number of alkyl halides is 3. The lowest BCUT2D eigenvalue weighted by Gasteiger charge is -2.23. The van der Waals surface area contributed by atoms with E-state index in [1.54, 1.807) is 13.8 Å². The number of aromatic nitrogens is 1. The Morgan fingerprint density at radius 2 is 1.78 bits per heavy atom. The summed E-state index contributed by atoms with van der Waals surface area (Å²) in [6, 6.07) is 8.61. The minimum atomic E-state index is -4.63. The number of anilines is 1. The lowest BCUT2D eigenvalue weighted by molar-refractivity contribution is -0.118. The maximum absolute atomic E-state index is 12.9. The van der Waals surface area contributed by atoms with E-state index in [0.717, 1.165) is 0 Å². The molecule has 2 rings (SSSR count). The van der Waals surface area contributed by atoms with Crippen molar-refractivity contribution in [2.24, 2.45) is 0 Å². The molecule has 0 spiro atoms. The summed E-state index contributed by atoms with van der Waals surface area (Å²) >= 11 is 0. The standard InChI is InChI=1S/C17H18F3N3O3S/c1-12(2)22-27(25,26)14-8-6-13(7-9-14)16(24)23(11-17(18,19)20)15-5-3-4-10-21-15/h3-10,12,22H,11H2,1-2H3. The molecule has 10 heteroatoms. The van der Waals surface area contributed by atoms with Crippen LogP contribution in [0.15, 0.2) is 53.6 Å². The van der Waals surface area contributed by atoms with Crippen molar-refractivity contribution in [2.45, 2.75) is 31.0 Å². The third-order valence-electron chi connectivity index (χ3n) is 3.31. The van der Waals surface area contributed by atoms with Crippen molar-refractivity contribution in [1.82, 2.24) is 9.71 Å². The molecule has 0 unspecified atom stereocenters. The molecule has 1 aromatic carbocycles. The highest BCUT2D eigenvalue weighted by Gasteiger charge is 2.34. The predicted molar refractivity (Wildman–Crippen MR) is 93.9 cm³/mol. The molecular formula is C17H18F3N3O3S. The van der Waals surface area contributed by atoms with Crippen LogP contribution in [0.5, 0.6) is 0 Å². The fraction of sp³-hybridized carbons (Fsp3) is 0.294. The van der Waals surface area contributed by atoms with Crippen LogP contribution >= 0.6 is 0 Å². The minimum absolute atomic E-state index is 0.0894. The molecule has 2 aromatic rings. The van der Waals surface area contributed by atoms with E-state index in [9.17, 15) is 26.4 Å². The average Bonchev–Trinajstić information content (AvgIpc) is 2.58. The van der Waals surface area contributed by atoms with Crippen molar-refractivity contribution in [3.63, 3.8) is 0 Å². The first kappa shape index (κ1) is 20.8. The summed E-state index contributed by atoms with van der Waals surface area (Å²) in [5.74, 6) is -1.09. The van der Waals surface area contributed by atoms with Crippen LogP contribution in [0, 0.1) is 0 Å². The molecule has 6 nitrogen and oxygen atoms in total. The van der Waals surface area contributed by atoms with Gasteiger partial charge in [-0.2, -0.15) is 13.2 Å². The second-order valence-corrected chi connectivity index (χ2v) is 7.71. The van der Waals surface area contributed by atoms with E-state index >= 15 is 0 Å².